The minimum absolute atomic E-state index is 0. The molecule has 19 heavy (non-hydrogen) atoms. The third-order valence-electron chi connectivity index (χ3n) is 0. The van der Waals surface area contributed by atoms with Crippen LogP contribution in [0.2, 0.25) is 0 Å². The molecule has 0 radical (unpaired) electrons. The van der Waals surface area contributed by atoms with Crippen molar-refractivity contribution in [3.63, 3.8) is 0 Å². The minimum Gasteiger partial charge on any atom is -0.560 e. The molecule has 0 spiro atoms. The first-order valence-electron chi connectivity index (χ1n) is 2.39. The molecule has 0 saturated carbocycles. The molecule has 0 fully saturated rings. The summed E-state index contributed by atoms with van der Waals surface area (Å²) in [6, 6.07) is 0. The van der Waals surface area contributed by atoms with Gasteiger partial charge in [0.1, 0.15) is 0 Å². The van der Waals surface area contributed by atoms with E-state index in [1.54, 1.807) is 0 Å². The zero-order chi connectivity index (χ0) is 14.3. The fraction of sp³-hybridized carbons (Fsp3) is 0. The van der Waals surface area contributed by atoms with Crippen LogP contribution in [0, 0.1) is 0 Å². The molecule has 0 N–H and O–H groups in total. The third kappa shape index (κ3) is 3190. The predicted molar refractivity (Wildman–Crippen MR) is 35.9 cm³/mol. The maximum atomic E-state index is 9.99. The fourth-order valence-corrected chi connectivity index (χ4v) is 0. The smallest absolute Gasteiger partial charge is 0.560 e. The second kappa shape index (κ2) is 36.6. The van der Waals surface area contributed by atoms with Crippen molar-refractivity contribution < 1.29 is 102 Å². The Kier molecular flexibility index (Phi) is 82.3. The van der Waals surface area contributed by atoms with Crippen LogP contribution in [0.25, 0.3) is 0 Å². The average Bonchev–Trinajstić information content (AvgIpc) is 1.76. The Morgan fingerprint density at radius 1 is 0.579 bits per heavy atom. The van der Waals surface area contributed by atoms with Gasteiger partial charge in [-0.2, -0.15) is 0 Å². The Hall–Kier alpha value is 1.35. The van der Waals surface area contributed by atoms with Gasteiger partial charge in [-0.05, 0) is 0 Å². The summed E-state index contributed by atoms with van der Waals surface area (Å²) in [5.41, 5.74) is 0. The van der Waals surface area contributed by atoms with Crippen molar-refractivity contribution in [3.8, 4) is 0 Å². The van der Waals surface area contributed by atoms with E-state index in [0.717, 1.165) is 0 Å². The van der Waals surface area contributed by atoms with Gasteiger partial charge >= 0.3 is 109 Å². The third-order valence-corrected chi connectivity index (χ3v) is 0. The van der Waals surface area contributed by atoms with E-state index >= 15 is 0 Å². The van der Waals surface area contributed by atoms with Crippen LogP contribution >= 0.6 is 0 Å². The standard InChI is InChI=1S/4FO2Si.Li.Mg.Na/c4*1-4(2)3;;;/q4*-1;+1;+2;+1. The molecule has 0 aliphatic carbocycles. The van der Waals surface area contributed by atoms with Gasteiger partial charge in [-0.1, -0.05) is 0 Å². The maximum absolute atomic E-state index is 9.99. The Morgan fingerprint density at radius 2 is 0.579 bits per heavy atom. The summed E-state index contributed by atoms with van der Waals surface area (Å²) in [4.78, 5) is 33.6. The van der Waals surface area contributed by atoms with Crippen molar-refractivity contribution in [1.82, 2.24) is 0 Å². The van der Waals surface area contributed by atoms with Gasteiger partial charge in [-0.25, -0.2) is 0 Å². The van der Waals surface area contributed by atoms with E-state index in [1.807, 2.05) is 0 Å². The first-order valence-corrected chi connectivity index (χ1v) is 7.17. The van der Waals surface area contributed by atoms with Crippen LogP contribution in [0.15, 0.2) is 0 Å². The molecule has 0 aliphatic heterocycles. The van der Waals surface area contributed by atoms with Gasteiger partial charge in [0.15, 0.2) is 0 Å². The normalized spacial score (nSPS) is 5.26. The van der Waals surface area contributed by atoms with Crippen LogP contribution in [-0.2, 0) is 17.8 Å². The molecule has 8 nitrogen and oxygen atoms in total. The van der Waals surface area contributed by atoms with Crippen molar-refractivity contribution in [2.75, 3.05) is 0 Å². The number of halogens is 4. The van der Waals surface area contributed by atoms with Gasteiger partial charge < -0.3 is 37.0 Å². The molecule has 0 aromatic heterocycles. The fourth-order valence-electron chi connectivity index (χ4n) is 0. The monoisotopic (exact) mass is 370 g/mol. The summed E-state index contributed by atoms with van der Waals surface area (Å²) in [6.07, 6.45) is 0. The second-order valence-electron chi connectivity index (χ2n) is 0.951. The van der Waals surface area contributed by atoms with Gasteiger partial charge in [0.2, 0.25) is 0 Å². The van der Waals surface area contributed by atoms with Crippen molar-refractivity contribution in [2.24, 2.45) is 0 Å². The number of hydrogen-bond donors (Lipinski definition) is 0. The Morgan fingerprint density at radius 3 is 0.579 bits per heavy atom. The maximum Gasteiger partial charge on any atom is 2.00 e. The molecule has 0 rings (SSSR count). The van der Waals surface area contributed by atoms with Crippen molar-refractivity contribution in [2.45, 2.75) is 0 Å². The van der Waals surface area contributed by atoms with Gasteiger partial charge in [0, 0.05) is 0 Å². The summed E-state index contributed by atoms with van der Waals surface area (Å²) in [6.45, 7) is 0. The van der Waals surface area contributed by atoms with Gasteiger partial charge in [0.25, 0.3) is 0 Å². The summed E-state index contributed by atoms with van der Waals surface area (Å²) < 4.78 is 73.6. The average molecular weight is 371 g/mol. The van der Waals surface area contributed by atoms with Crippen molar-refractivity contribution in [3.05, 3.63) is 0 Å². The molecule has 0 amide bonds. The predicted octanol–water partition coefficient (Wildman–Crippen LogP) is -11.4. The van der Waals surface area contributed by atoms with Crippen LogP contribution in [0.5, 0.6) is 0 Å². The molecule has 0 atom stereocenters. The van der Waals surface area contributed by atoms with Gasteiger partial charge in [-0.3, -0.25) is 16.4 Å². The second-order valence-corrected chi connectivity index (χ2v) is 2.85. The van der Waals surface area contributed by atoms with E-state index in [1.165, 1.54) is 0 Å². The van der Waals surface area contributed by atoms with Crippen LogP contribution in [0.1, 0.15) is 0 Å². The van der Waals surface area contributed by atoms with Gasteiger partial charge in [0.05, 0.1) is 0 Å². The zero-order valence-corrected chi connectivity index (χ0v) is 16.9. The molecular weight excluding hydrogens is 371 g/mol. The molecule has 0 aromatic rings. The van der Waals surface area contributed by atoms with E-state index in [9.17, 15) is 16.4 Å². The molecule has 19 heteroatoms. The van der Waals surface area contributed by atoms with Crippen LogP contribution in [0.4, 0.5) is 16.4 Å². The molecule has 0 unspecified atom stereocenters. The van der Waals surface area contributed by atoms with Gasteiger partial charge in [-0.15, -0.1) is 0 Å². The SMILES string of the molecule is O=[Si]([O-])F.O=[Si]([O-])F.O=[Si]([O-])F.O=[Si]([O-])F.[Li+].[Mg+2].[Na+]. The topological polar surface area (TPSA) is 161 Å². The number of rotatable bonds is 0. The summed E-state index contributed by atoms with van der Waals surface area (Å²) >= 11 is 0. The summed E-state index contributed by atoms with van der Waals surface area (Å²) in [5, 5.41) is 0. The molecular formula is F4LiMgNaO8Si4. The van der Waals surface area contributed by atoms with E-state index in [2.05, 4.69) is 0 Å². The van der Waals surface area contributed by atoms with Crippen molar-refractivity contribution in [1.29, 1.82) is 0 Å². The largest absolute Gasteiger partial charge is 2.00 e. The molecule has 96 valence electrons. The van der Waals surface area contributed by atoms with E-state index in [0.29, 0.717) is 0 Å². The minimum atomic E-state index is -3.88. The van der Waals surface area contributed by atoms with E-state index in [-0.39, 0.29) is 71.5 Å². The van der Waals surface area contributed by atoms with E-state index < -0.39 is 37.0 Å². The van der Waals surface area contributed by atoms with Crippen LogP contribution in [0.3, 0.4) is 0 Å². The quantitative estimate of drug-likeness (QED) is 0.231. The molecule has 0 aliphatic rings. The Labute approximate surface area is 160 Å². The summed E-state index contributed by atoms with van der Waals surface area (Å²) in [5.74, 6) is 0. The Bertz CT molecular complexity index is 181. The molecule has 0 heterocycles. The van der Waals surface area contributed by atoms with E-state index in [4.69, 9.17) is 37.0 Å². The molecule has 0 aromatic carbocycles. The van der Waals surface area contributed by atoms with Crippen LogP contribution in [-0.4, -0.2) is 60.1 Å². The van der Waals surface area contributed by atoms with Crippen LogP contribution < -0.4 is 67.6 Å². The van der Waals surface area contributed by atoms with Crippen molar-refractivity contribution >= 4 is 60.1 Å². The Balaban J connectivity index is -0.0000000192. The summed E-state index contributed by atoms with van der Waals surface area (Å²) in [7, 11) is -15.5. The molecule has 0 bridgehead atoms. The zero-order valence-electron chi connectivity index (χ0n) is 9.48. The number of hydrogen-bond acceptors (Lipinski definition) is 8. The first-order chi connectivity index (χ1) is 6.93. The molecule has 0 saturated heterocycles. The first kappa shape index (κ1) is 42.8.